The van der Waals surface area contributed by atoms with Crippen LogP contribution in [0.3, 0.4) is 0 Å². The number of pyridine rings is 1. The lowest BCUT2D eigenvalue weighted by Crippen LogP contribution is -2.32. The van der Waals surface area contributed by atoms with Crippen molar-refractivity contribution >= 4 is 17.6 Å². The average molecular weight is 468 g/mol. The van der Waals surface area contributed by atoms with Crippen molar-refractivity contribution in [2.24, 2.45) is 0 Å². The number of hydrogen-bond acceptors (Lipinski definition) is 5. The molecule has 0 bridgehead atoms. The van der Waals surface area contributed by atoms with Crippen LogP contribution in [0.5, 0.6) is 5.75 Å². The molecule has 2 aromatic carbocycles. The maximum Gasteiger partial charge on any atom is 0.342 e. The maximum absolute atomic E-state index is 13.0. The summed E-state index contributed by atoms with van der Waals surface area (Å²) in [6.07, 6.45) is 5.81. The van der Waals surface area contributed by atoms with Gasteiger partial charge in [-0.15, -0.1) is 0 Å². The van der Waals surface area contributed by atoms with E-state index in [1.807, 2.05) is 36.4 Å². The number of benzene rings is 2. The molecule has 176 valence electrons. The summed E-state index contributed by atoms with van der Waals surface area (Å²) in [5.41, 5.74) is 3.86. The van der Waals surface area contributed by atoms with Crippen LogP contribution in [0.1, 0.15) is 40.4 Å². The zero-order valence-corrected chi connectivity index (χ0v) is 19.0. The van der Waals surface area contributed by atoms with E-state index in [-0.39, 0.29) is 23.6 Å². The highest BCUT2D eigenvalue weighted by molar-refractivity contribution is 6.04. The Balaban J connectivity index is 1.35. The second-order valence-electron chi connectivity index (χ2n) is 8.53. The molecule has 0 aliphatic heterocycles. The quantitative estimate of drug-likeness (QED) is 0.345. The molecule has 0 radical (unpaired) electrons. The van der Waals surface area contributed by atoms with Gasteiger partial charge in [0.15, 0.2) is 0 Å². The summed E-state index contributed by atoms with van der Waals surface area (Å²) in [4.78, 5) is 29.4. The second kappa shape index (κ2) is 9.80. The van der Waals surface area contributed by atoms with E-state index in [0.717, 1.165) is 30.5 Å². The number of phenolic OH excluding ortho intramolecular Hbond substituents is 1. The Labute approximate surface area is 202 Å². The van der Waals surface area contributed by atoms with Gasteiger partial charge in [0.25, 0.3) is 5.91 Å². The number of nitrogens with zero attached hydrogens (tertiary/aromatic N) is 3. The van der Waals surface area contributed by atoms with E-state index in [4.69, 9.17) is 0 Å². The zero-order valence-electron chi connectivity index (χ0n) is 19.0. The third-order valence-electron chi connectivity index (χ3n) is 5.93. The fourth-order valence-corrected chi connectivity index (χ4v) is 3.92. The maximum atomic E-state index is 13.0. The molecule has 35 heavy (non-hydrogen) atoms. The van der Waals surface area contributed by atoms with Gasteiger partial charge in [0.2, 0.25) is 0 Å². The Hall–Kier alpha value is -4.46. The predicted octanol–water partition coefficient (Wildman–Crippen LogP) is 4.58. The largest absolute Gasteiger partial charge is 0.507 e. The van der Waals surface area contributed by atoms with Gasteiger partial charge < -0.3 is 15.7 Å². The molecule has 0 unspecified atom stereocenters. The van der Waals surface area contributed by atoms with Gasteiger partial charge >= 0.3 is 6.03 Å². The van der Waals surface area contributed by atoms with Crippen LogP contribution in [0, 0.1) is 0 Å². The lowest BCUT2D eigenvalue weighted by Gasteiger charge is -2.09. The topological polar surface area (TPSA) is 109 Å². The Kier molecular flexibility index (Phi) is 6.26. The van der Waals surface area contributed by atoms with E-state index in [0.29, 0.717) is 29.1 Å². The predicted molar refractivity (Wildman–Crippen MR) is 132 cm³/mol. The van der Waals surface area contributed by atoms with Crippen molar-refractivity contribution in [2.75, 3.05) is 11.9 Å². The average Bonchev–Trinajstić information content (AvgIpc) is 3.64. The van der Waals surface area contributed by atoms with Gasteiger partial charge in [-0.05, 0) is 61.2 Å². The van der Waals surface area contributed by atoms with E-state index in [1.165, 1.54) is 10.7 Å². The number of aromatic hydroxyl groups is 1. The summed E-state index contributed by atoms with van der Waals surface area (Å²) >= 11 is 0. The summed E-state index contributed by atoms with van der Waals surface area (Å²) in [5, 5.41) is 20.8. The Morgan fingerprint density at radius 1 is 1.00 bits per heavy atom. The van der Waals surface area contributed by atoms with Crippen molar-refractivity contribution in [3.8, 4) is 17.0 Å². The molecule has 0 saturated heterocycles. The molecule has 3 N–H and O–H groups in total. The fraction of sp³-hybridized carbons (Fsp3) is 0.185. The first-order valence-corrected chi connectivity index (χ1v) is 11.6. The molecule has 0 spiro atoms. The van der Waals surface area contributed by atoms with Crippen LogP contribution in [-0.4, -0.2) is 38.4 Å². The number of phenols is 1. The van der Waals surface area contributed by atoms with Gasteiger partial charge in [0, 0.05) is 41.7 Å². The van der Waals surface area contributed by atoms with E-state index in [2.05, 4.69) is 20.7 Å². The van der Waals surface area contributed by atoms with Crippen molar-refractivity contribution < 1.29 is 14.7 Å². The van der Waals surface area contributed by atoms with Crippen molar-refractivity contribution in [3.63, 3.8) is 0 Å². The van der Waals surface area contributed by atoms with Gasteiger partial charge in [-0.25, -0.2) is 4.79 Å². The third-order valence-corrected chi connectivity index (χ3v) is 5.93. The van der Waals surface area contributed by atoms with Crippen molar-refractivity contribution in [1.29, 1.82) is 0 Å². The molecule has 1 saturated carbocycles. The number of hydrogen-bond donors (Lipinski definition) is 3. The van der Waals surface area contributed by atoms with Gasteiger partial charge in [-0.1, -0.05) is 30.3 Å². The highest BCUT2D eigenvalue weighted by Gasteiger charge is 2.30. The smallest absolute Gasteiger partial charge is 0.342 e. The molecule has 2 amide bonds. The van der Waals surface area contributed by atoms with Crippen LogP contribution < -0.4 is 10.6 Å². The molecular weight excluding hydrogens is 442 g/mol. The number of nitrogens with one attached hydrogen (secondary N) is 2. The molecule has 1 aliphatic carbocycles. The minimum atomic E-state index is -0.296. The summed E-state index contributed by atoms with van der Waals surface area (Å²) in [7, 11) is 0. The molecule has 0 atom stereocenters. The Morgan fingerprint density at radius 3 is 2.51 bits per heavy atom. The molecule has 5 rings (SSSR count). The Morgan fingerprint density at radius 2 is 1.77 bits per heavy atom. The molecule has 4 aromatic rings. The molecule has 2 aromatic heterocycles. The number of amides is 2. The summed E-state index contributed by atoms with van der Waals surface area (Å²) in [6, 6.07) is 19.5. The van der Waals surface area contributed by atoms with E-state index >= 15 is 0 Å². The van der Waals surface area contributed by atoms with E-state index in [1.54, 1.807) is 36.7 Å². The number of rotatable bonds is 7. The van der Waals surface area contributed by atoms with Gasteiger partial charge in [0.1, 0.15) is 5.75 Å². The zero-order chi connectivity index (χ0) is 24.2. The monoisotopic (exact) mass is 467 g/mol. The van der Waals surface area contributed by atoms with E-state index < -0.39 is 0 Å². The summed E-state index contributed by atoms with van der Waals surface area (Å²) in [5.74, 6) is 0.00210. The first-order chi connectivity index (χ1) is 17.1. The minimum Gasteiger partial charge on any atom is -0.507 e. The molecule has 8 nitrogen and oxygen atoms in total. The highest BCUT2D eigenvalue weighted by Crippen LogP contribution is 2.42. The van der Waals surface area contributed by atoms with Gasteiger partial charge in [0.05, 0.1) is 11.4 Å². The van der Waals surface area contributed by atoms with Gasteiger partial charge in [-0.3, -0.25) is 9.78 Å². The summed E-state index contributed by atoms with van der Waals surface area (Å²) in [6.45, 7) is 0.490. The van der Waals surface area contributed by atoms with Crippen LogP contribution in [0.15, 0.2) is 79.1 Å². The van der Waals surface area contributed by atoms with Crippen LogP contribution in [0.4, 0.5) is 10.5 Å². The number of aromatic nitrogens is 3. The van der Waals surface area contributed by atoms with Crippen LogP contribution in [0.25, 0.3) is 11.3 Å². The minimum absolute atomic E-state index is 0.0170. The lowest BCUT2D eigenvalue weighted by atomic mass is 10.1. The highest BCUT2D eigenvalue weighted by atomic mass is 16.3. The third kappa shape index (κ3) is 5.22. The van der Waals surface area contributed by atoms with Crippen molar-refractivity contribution in [3.05, 3.63) is 95.9 Å². The van der Waals surface area contributed by atoms with Crippen LogP contribution in [0.2, 0.25) is 0 Å². The molecule has 2 heterocycles. The standard InChI is InChI=1S/C27H25N5O3/c33-25-9-8-21(30-26(34)20-11-13-28-14-12-20)16-22(25)23-17-24(19-6-7-19)32(31-23)27(35)29-15-10-18-4-2-1-3-5-18/h1-5,8-9,11-14,16-17,19,33H,6-7,10,15H2,(H,29,35)(H,30,34). The van der Waals surface area contributed by atoms with Crippen LogP contribution >= 0.6 is 0 Å². The second-order valence-corrected chi connectivity index (χ2v) is 8.53. The lowest BCUT2D eigenvalue weighted by molar-refractivity contribution is 0.102. The molecule has 8 heteroatoms. The van der Waals surface area contributed by atoms with Gasteiger partial charge in [-0.2, -0.15) is 9.78 Å². The van der Waals surface area contributed by atoms with Crippen LogP contribution in [-0.2, 0) is 6.42 Å². The summed E-state index contributed by atoms with van der Waals surface area (Å²) < 4.78 is 1.40. The SMILES string of the molecule is O=C(Nc1ccc(O)c(-c2cc(C3CC3)n(C(=O)NCCc3ccccc3)n2)c1)c1ccncc1. The first-order valence-electron chi connectivity index (χ1n) is 11.6. The Bertz CT molecular complexity index is 1350. The molecule has 1 fully saturated rings. The molecular formula is C27H25N5O3. The number of anilines is 1. The number of carbonyl (C=O) groups excluding carboxylic acids is 2. The normalized spacial score (nSPS) is 12.8. The first kappa shape index (κ1) is 22.3. The van der Waals surface area contributed by atoms with E-state index in [9.17, 15) is 14.7 Å². The molecule has 1 aliphatic rings. The van der Waals surface area contributed by atoms with Crippen molar-refractivity contribution in [2.45, 2.75) is 25.2 Å². The number of carbonyl (C=O) groups is 2. The van der Waals surface area contributed by atoms with Crippen molar-refractivity contribution in [1.82, 2.24) is 20.1 Å². The fourth-order valence-electron chi connectivity index (χ4n) is 3.92.